The number of carbonyl (C=O) groups is 1. The fourth-order valence-corrected chi connectivity index (χ4v) is 5.41. The predicted molar refractivity (Wildman–Crippen MR) is 139 cm³/mol. The van der Waals surface area contributed by atoms with Gasteiger partial charge in [0.2, 0.25) is 5.95 Å². The lowest BCUT2D eigenvalue weighted by Crippen LogP contribution is -2.49. The molecule has 4 aromatic heterocycles. The molecule has 1 saturated carbocycles. The van der Waals surface area contributed by atoms with Gasteiger partial charge in [0.05, 0.1) is 16.6 Å². The van der Waals surface area contributed by atoms with Crippen LogP contribution >= 0.6 is 0 Å². The van der Waals surface area contributed by atoms with Crippen molar-refractivity contribution >= 4 is 33.5 Å². The Morgan fingerprint density at radius 1 is 0.861 bits per heavy atom. The van der Waals surface area contributed by atoms with Crippen LogP contribution in [0.1, 0.15) is 23.3 Å². The van der Waals surface area contributed by atoms with E-state index in [1.165, 1.54) is 18.4 Å². The topological polar surface area (TPSA) is 72.1 Å². The number of rotatable bonds is 5. The Bertz CT molecular complexity index is 1540. The van der Waals surface area contributed by atoms with Crippen LogP contribution in [0.15, 0.2) is 73.3 Å². The first-order valence-corrected chi connectivity index (χ1v) is 12.6. The first-order chi connectivity index (χ1) is 17.8. The van der Waals surface area contributed by atoms with Crippen molar-refractivity contribution in [2.45, 2.75) is 19.4 Å². The second-order valence-corrected chi connectivity index (χ2v) is 9.70. The third-order valence-corrected chi connectivity index (χ3v) is 7.43. The molecule has 2 aliphatic rings. The van der Waals surface area contributed by atoms with Gasteiger partial charge >= 0.3 is 0 Å². The van der Waals surface area contributed by atoms with E-state index >= 15 is 0 Å². The number of piperazine rings is 1. The molecule has 8 nitrogen and oxygen atoms in total. The van der Waals surface area contributed by atoms with Crippen molar-refractivity contribution in [3.05, 3.63) is 79.0 Å². The number of aromatic nitrogens is 5. The maximum absolute atomic E-state index is 14.0. The van der Waals surface area contributed by atoms with Crippen LogP contribution in [0.2, 0.25) is 0 Å². The van der Waals surface area contributed by atoms with Crippen LogP contribution in [0, 0.1) is 5.92 Å². The molecule has 2 fully saturated rings. The molecule has 1 aliphatic heterocycles. The van der Waals surface area contributed by atoms with Crippen molar-refractivity contribution in [3.63, 3.8) is 0 Å². The summed E-state index contributed by atoms with van der Waals surface area (Å²) in [6.07, 6.45) is 9.63. The first-order valence-electron chi connectivity index (χ1n) is 12.6. The molecule has 5 heterocycles. The van der Waals surface area contributed by atoms with Crippen LogP contribution in [-0.4, -0.2) is 61.1 Å². The summed E-state index contributed by atoms with van der Waals surface area (Å²) < 4.78 is 4.36. The summed E-state index contributed by atoms with van der Waals surface area (Å²) in [5.74, 6) is 1.26. The normalized spacial score (nSPS) is 16.2. The van der Waals surface area contributed by atoms with E-state index < -0.39 is 0 Å². The van der Waals surface area contributed by atoms with Gasteiger partial charge in [-0.1, -0.05) is 18.2 Å². The van der Waals surface area contributed by atoms with E-state index in [0.717, 1.165) is 41.7 Å². The molecule has 36 heavy (non-hydrogen) atoms. The van der Waals surface area contributed by atoms with Crippen molar-refractivity contribution in [1.82, 2.24) is 29.0 Å². The highest BCUT2D eigenvalue weighted by Crippen LogP contribution is 2.38. The molecule has 0 atom stereocenters. The second kappa shape index (κ2) is 8.48. The Morgan fingerprint density at radius 3 is 2.36 bits per heavy atom. The largest absolute Gasteiger partial charge is 0.368 e. The Morgan fingerprint density at radius 2 is 1.61 bits per heavy atom. The van der Waals surface area contributed by atoms with E-state index in [1.807, 2.05) is 34.0 Å². The molecular formula is C28H27N7O. The van der Waals surface area contributed by atoms with E-state index in [1.54, 1.807) is 18.5 Å². The molecule has 1 saturated heterocycles. The second-order valence-electron chi connectivity index (χ2n) is 9.70. The third kappa shape index (κ3) is 3.52. The third-order valence-electron chi connectivity index (χ3n) is 7.43. The summed E-state index contributed by atoms with van der Waals surface area (Å²) in [6, 6.07) is 16.4. The van der Waals surface area contributed by atoms with E-state index in [0.29, 0.717) is 30.6 Å². The molecule has 1 aromatic carbocycles. The minimum atomic E-state index is 0.0232. The lowest BCUT2D eigenvalue weighted by atomic mass is 10.2. The summed E-state index contributed by atoms with van der Waals surface area (Å²) in [5, 5.41) is 1.13. The highest BCUT2D eigenvalue weighted by Gasteiger charge is 2.30. The molecule has 0 unspecified atom stereocenters. The van der Waals surface area contributed by atoms with Gasteiger partial charge in [-0.3, -0.25) is 14.3 Å². The van der Waals surface area contributed by atoms with E-state index in [4.69, 9.17) is 0 Å². The van der Waals surface area contributed by atoms with Crippen molar-refractivity contribution < 1.29 is 4.79 Å². The smallest absolute Gasteiger partial charge is 0.271 e. The highest BCUT2D eigenvalue weighted by molar-refractivity contribution is 6.11. The lowest BCUT2D eigenvalue weighted by Gasteiger charge is -2.36. The monoisotopic (exact) mass is 477 g/mol. The fraction of sp³-hybridized carbons (Fsp3) is 0.286. The number of carbonyl (C=O) groups excluding carboxylic acids is 1. The Kier molecular flexibility index (Phi) is 4.97. The minimum Gasteiger partial charge on any atom is -0.368 e. The Balaban J connectivity index is 1.31. The number of hydrogen-bond donors (Lipinski definition) is 0. The number of fused-ring (bicyclic) bond motifs is 3. The molecule has 1 aliphatic carbocycles. The maximum atomic E-state index is 14.0. The zero-order valence-corrected chi connectivity index (χ0v) is 20.0. The van der Waals surface area contributed by atoms with Gasteiger partial charge in [-0.25, -0.2) is 9.97 Å². The van der Waals surface area contributed by atoms with Gasteiger partial charge in [0.15, 0.2) is 0 Å². The number of benzene rings is 1. The first kappa shape index (κ1) is 21.1. The van der Waals surface area contributed by atoms with Crippen molar-refractivity contribution in [3.8, 4) is 5.95 Å². The van der Waals surface area contributed by atoms with E-state index in [9.17, 15) is 4.79 Å². The SMILES string of the molecule is O=C(c1cc2c(c3ccccc3n2CC2CC2)n1-c1ncccn1)N1CCN(c2ccncc2)CC1. The highest BCUT2D eigenvalue weighted by atomic mass is 16.2. The average Bonchev–Trinajstić information content (AvgIpc) is 3.61. The number of anilines is 1. The van der Waals surface area contributed by atoms with E-state index in [2.05, 4.69) is 54.8 Å². The number of para-hydroxylation sites is 1. The minimum absolute atomic E-state index is 0.0232. The number of pyridine rings is 1. The van der Waals surface area contributed by atoms with Gasteiger partial charge < -0.3 is 14.4 Å². The van der Waals surface area contributed by atoms with Crippen LogP contribution in [0.3, 0.4) is 0 Å². The van der Waals surface area contributed by atoms with Gasteiger partial charge in [-0.2, -0.15) is 0 Å². The van der Waals surface area contributed by atoms with Gasteiger partial charge in [0.1, 0.15) is 5.69 Å². The number of amides is 1. The molecule has 5 aromatic rings. The molecule has 0 spiro atoms. The zero-order valence-electron chi connectivity index (χ0n) is 20.0. The van der Waals surface area contributed by atoms with E-state index in [-0.39, 0.29) is 5.91 Å². The van der Waals surface area contributed by atoms with Gasteiger partial charge in [-0.15, -0.1) is 0 Å². The molecule has 1 amide bonds. The predicted octanol–water partition coefficient (Wildman–Crippen LogP) is 4.14. The number of nitrogens with zero attached hydrogens (tertiary/aromatic N) is 7. The summed E-state index contributed by atoms with van der Waals surface area (Å²) >= 11 is 0. The van der Waals surface area contributed by atoms with Crippen LogP contribution < -0.4 is 4.90 Å². The summed E-state index contributed by atoms with van der Waals surface area (Å²) in [5.41, 5.74) is 5.05. The van der Waals surface area contributed by atoms with Crippen molar-refractivity contribution in [2.75, 3.05) is 31.1 Å². The Labute approximate surface area is 208 Å². The van der Waals surface area contributed by atoms with Gasteiger partial charge in [0.25, 0.3) is 5.91 Å². The summed E-state index contributed by atoms with van der Waals surface area (Å²) in [4.78, 5) is 31.5. The molecule has 180 valence electrons. The zero-order chi connectivity index (χ0) is 24.1. The van der Waals surface area contributed by atoms with Crippen LogP contribution in [0.25, 0.3) is 27.9 Å². The van der Waals surface area contributed by atoms with Crippen LogP contribution in [-0.2, 0) is 6.54 Å². The molecule has 8 heteroatoms. The van der Waals surface area contributed by atoms with Crippen LogP contribution in [0.4, 0.5) is 5.69 Å². The molecule has 0 bridgehead atoms. The van der Waals surface area contributed by atoms with Crippen LogP contribution in [0.5, 0.6) is 0 Å². The lowest BCUT2D eigenvalue weighted by molar-refractivity contribution is 0.0739. The molecular weight excluding hydrogens is 450 g/mol. The van der Waals surface area contributed by atoms with Gasteiger partial charge in [-0.05, 0) is 49.1 Å². The molecule has 0 N–H and O–H groups in total. The van der Waals surface area contributed by atoms with Gasteiger partial charge in [0, 0.05) is 68.6 Å². The number of hydrogen-bond acceptors (Lipinski definition) is 5. The molecule has 0 radical (unpaired) electrons. The Hall–Kier alpha value is -4.20. The molecule has 7 rings (SSSR count). The summed E-state index contributed by atoms with van der Waals surface area (Å²) in [7, 11) is 0. The fourth-order valence-electron chi connectivity index (χ4n) is 5.41. The summed E-state index contributed by atoms with van der Waals surface area (Å²) in [6.45, 7) is 3.87. The average molecular weight is 478 g/mol. The standard InChI is InChI=1S/C28H27N7O/c36-27(33-16-14-32(15-17-33)21-8-12-29-13-9-21)25-18-24-26(35(25)28-30-10-3-11-31-28)22-4-1-2-5-23(22)34(24)19-20-6-7-20/h1-5,8-13,18,20H,6-7,14-17,19H2. The van der Waals surface area contributed by atoms with Crippen molar-refractivity contribution in [2.24, 2.45) is 5.92 Å². The quantitative estimate of drug-likeness (QED) is 0.380. The maximum Gasteiger partial charge on any atom is 0.271 e. The van der Waals surface area contributed by atoms with Crippen molar-refractivity contribution in [1.29, 1.82) is 0 Å².